The van der Waals surface area contributed by atoms with E-state index in [1.807, 2.05) is 32.2 Å². The molecule has 0 saturated heterocycles. The number of benzene rings is 2. The molecular weight excluding hydrogens is 401 g/mol. The van der Waals surface area contributed by atoms with E-state index >= 15 is 0 Å². The molecule has 2 aromatic carbocycles. The lowest BCUT2D eigenvalue weighted by Crippen LogP contribution is -2.09. The summed E-state index contributed by atoms with van der Waals surface area (Å²) in [4.78, 5) is 0. The molecule has 5 heteroatoms. The van der Waals surface area contributed by atoms with Gasteiger partial charge in [-0.3, -0.25) is 0 Å². The Morgan fingerprint density at radius 1 is 1.19 bits per heavy atom. The average Bonchev–Trinajstić information content (AvgIpc) is 2.42. The average molecular weight is 417 g/mol. The number of rotatable bonds is 5. The van der Waals surface area contributed by atoms with Gasteiger partial charge in [0.05, 0.1) is 4.47 Å². The summed E-state index contributed by atoms with van der Waals surface area (Å²) in [5, 5.41) is 3.13. The monoisotopic (exact) mass is 415 g/mol. The molecule has 0 unspecified atom stereocenters. The van der Waals surface area contributed by atoms with Crippen molar-refractivity contribution in [3.8, 4) is 5.75 Å². The molecule has 0 spiro atoms. The van der Waals surface area contributed by atoms with Crippen molar-refractivity contribution < 1.29 is 9.13 Å². The molecule has 0 heterocycles. The zero-order chi connectivity index (χ0) is 15.4. The predicted octanol–water partition coefficient (Wildman–Crippen LogP) is 4.96. The maximum Gasteiger partial charge on any atom is 0.137 e. The van der Waals surface area contributed by atoms with Crippen LogP contribution in [-0.2, 0) is 13.2 Å². The van der Waals surface area contributed by atoms with Crippen molar-refractivity contribution in [2.45, 2.75) is 20.1 Å². The molecule has 2 rings (SSSR count). The van der Waals surface area contributed by atoms with E-state index in [2.05, 4.69) is 37.2 Å². The molecule has 0 aliphatic rings. The van der Waals surface area contributed by atoms with Crippen molar-refractivity contribution in [2.24, 2.45) is 0 Å². The van der Waals surface area contributed by atoms with Crippen LogP contribution in [0.15, 0.2) is 39.3 Å². The van der Waals surface area contributed by atoms with Gasteiger partial charge in [-0.15, -0.1) is 0 Å². The van der Waals surface area contributed by atoms with Gasteiger partial charge in [-0.25, -0.2) is 4.39 Å². The smallest absolute Gasteiger partial charge is 0.137 e. The molecule has 112 valence electrons. The Labute approximate surface area is 141 Å². The lowest BCUT2D eigenvalue weighted by atomic mass is 10.1. The Morgan fingerprint density at radius 3 is 2.67 bits per heavy atom. The summed E-state index contributed by atoms with van der Waals surface area (Å²) in [6, 6.07) is 8.99. The number of aryl methyl sites for hydroxylation is 1. The van der Waals surface area contributed by atoms with E-state index in [1.165, 1.54) is 6.07 Å². The molecule has 0 amide bonds. The normalized spacial score (nSPS) is 10.7. The van der Waals surface area contributed by atoms with Crippen LogP contribution in [0.25, 0.3) is 0 Å². The van der Waals surface area contributed by atoms with Crippen LogP contribution in [0.3, 0.4) is 0 Å². The van der Waals surface area contributed by atoms with Crippen LogP contribution in [0.1, 0.15) is 16.7 Å². The largest absolute Gasteiger partial charge is 0.488 e. The van der Waals surface area contributed by atoms with E-state index in [1.54, 1.807) is 6.07 Å². The Balaban J connectivity index is 2.25. The number of ether oxygens (including phenoxy) is 1. The number of nitrogens with one attached hydrogen (secondary N) is 1. The molecular formula is C16H16Br2FNO. The SMILES string of the molecule is CNCc1cc(Br)cc(C)c1OCc1cccc(F)c1Br. The van der Waals surface area contributed by atoms with Crippen molar-refractivity contribution in [1.29, 1.82) is 0 Å². The highest BCUT2D eigenvalue weighted by molar-refractivity contribution is 9.10. The van der Waals surface area contributed by atoms with Gasteiger partial charge in [0.25, 0.3) is 0 Å². The molecule has 0 bridgehead atoms. The minimum atomic E-state index is -0.279. The highest BCUT2D eigenvalue weighted by Gasteiger charge is 2.11. The first-order chi connectivity index (χ1) is 10.0. The van der Waals surface area contributed by atoms with Crippen molar-refractivity contribution in [3.05, 3.63) is 61.8 Å². The number of hydrogen-bond acceptors (Lipinski definition) is 2. The lowest BCUT2D eigenvalue weighted by Gasteiger charge is -2.15. The van der Waals surface area contributed by atoms with Crippen LogP contribution in [-0.4, -0.2) is 7.05 Å². The molecule has 2 aromatic rings. The molecule has 21 heavy (non-hydrogen) atoms. The van der Waals surface area contributed by atoms with Gasteiger partial charge >= 0.3 is 0 Å². The fourth-order valence-electron chi connectivity index (χ4n) is 2.14. The molecule has 0 aliphatic heterocycles. The van der Waals surface area contributed by atoms with E-state index in [4.69, 9.17) is 4.74 Å². The maximum atomic E-state index is 13.5. The van der Waals surface area contributed by atoms with E-state index in [-0.39, 0.29) is 5.82 Å². The zero-order valence-electron chi connectivity index (χ0n) is 11.8. The van der Waals surface area contributed by atoms with Gasteiger partial charge in [0.1, 0.15) is 18.2 Å². The van der Waals surface area contributed by atoms with Gasteiger partial charge in [-0.05, 0) is 53.7 Å². The van der Waals surface area contributed by atoms with Gasteiger partial charge in [-0.1, -0.05) is 28.1 Å². The summed E-state index contributed by atoms with van der Waals surface area (Å²) in [7, 11) is 1.89. The maximum absolute atomic E-state index is 13.5. The first-order valence-corrected chi connectivity index (χ1v) is 8.11. The standard InChI is InChI=1S/C16H16Br2FNO/c1-10-6-13(17)7-12(8-20-2)16(10)21-9-11-4-3-5-14(19)15(11)18/h3-7,20H,8-9H2,1-2H3. The van der Waals surface area contributed by atoms with Crippen LogP contribution in [0, 0.1) is 12.7 Å². The van der Waals surface area contributed by atoms with Crippen LogP contribution in [0.5, 0.6) is 5.75 Å². The highest BCUT2D eigenvalue weighted by Crippen LogP contribution is 2.30. The quantitative estimate of drug-likeness (QED) is 0.743. The predicted molar refractivity (Wildman–Crippen MR) is 90.1 cm³/mol. The Kier molecular flexibility index (Phi) is 5.79. The summed E-state index contributed by atoms with van der Waals surface area (Å²) >= 11 is 6.75. The molecule has 0 atom stereocenters. The molecule has 1 N–H and O–H groups in total. The van der Waals surface area contributed by atoms with Crippen molar-refractivity contribution >= 4 is 31.9 Å². The Bertz CT molecular complexity index is 646. The zero-order valence-corrected chi connectivity index (χ0v) is 15.0. The fourth-order valence-corrected chi connectivity index (χ4v) is 3.14. The minimum Gasteiger partial charge on any atom is -0.488 e. The summed E-state index contributed by atoms with van der Waals surface area (Å²) in [6.07, 6.45) is 0. The number of halogens is 3. The van der Waals surface area contributed by atoms with Gasteiger partial charge in [0.15, 0.2) is 0 Å². The molecule has 0 saturated carbocycles. The summed E-state index contributed by atoms with van der Waals surface area (Å²) in [5.41, 5.74) is 2.90. The van der Waals surface area contributed by atoms with Gasteiger partial charge < -0.3 is 10.1 Å². The fraction of sp³-hybridized carbons (Fsp3) is 0.250. The summed E-state index contributed by atoms with van der Waals surface area (Å²) < 4.78 is 20.9. The first-order valence-electron chi connectivity index (χ1n) is 6.52. The van der Waals surface area contributed by atoms with E-state index in [0.29, 0.717) is 17.6 Å². The molecule has 0 fully saturated rings. The van der Waals surface area contributed by atoms with E-state index in [0.717, 1.165) is 26.9 Å². The number of hydrogen-bond donors (Lipinski definition) is 1. The molecule has 0 radical (unpaired) electrons. The van der Waals surface area contributed by atoms with E-state index < -0.39 is 0 Å². The molecule has 0 aromatic heterocycles. The molecule has 2 nitrogen and oxygen atoms in total. The Hall–Kier alpha value is -0.910. The minimum absolute atomic E-state index is 0.279. The van der Waals surface area contributed by atoms with Crippen molar-refractivity contribution in [1.82, 2.24) is 5.32 Å². The third-order valence-electron chi connectivity index (χ3n) is 3.09. The van der Waals surface area contributed by atoms with Crippen LogP contribution in [0.4, 0.5) is 4.39 Å². The lowest BCUT2D eigenvalue weighted by molar-refractivity contribution is 0.298. The third kappa shape index (κ3) is 4.05. The van der Waals surface area contributed by atoms with Gasteiger partial charge in [0, 0.05) is 22.1 Å². The molecule has 0 aliphatic carbocycles. The second kappa shape index (κ2) is 7.38. The van der Waals surface area contributed by atoms with Crippen LogP contribution >= 0.6 is 31.9 Å². The van der Waals surface area contributed by atoms with Gasteiger partial charge in [-0.2, -0.15) is 0 Å². The second-order valence-electron chi connectivity index (χ2n) is 4.74. The summed E-state index contributed by atoms with van der Waals surface area (Å²) in [5.74, 6) is 0.558. The van der Waals surface area contributed by atoms with Crippen LogP contribution < -0.4 is 10.1 Å². The second-order valence-corrected chi connectivity index (χ2v) is 6.45. The first kappa shape index (κ1) is 16.5. The third-order valence-corrected chi connectivity index (χ3v) is 4.43. The van der Waals surface area contributed by atoms with Crippen molar-refractivity contribution in [2.75, 3.05) is 7.05 Å². The van der Waals surface area contributed by atoms with Crippen molar-refractivity contribution in [3.63, 3.8) is 0 Å². The topological polar surface area (TPSA) is 21.3 Å². The van der Waals surface area contributed by atoms with E-state index in [9.17, 15) is 4.39 Å². The van der Waals surface area contributed by atoms with Crippen LogP contribution in [0.2, 0.25) is 0 Å². The summed E-state index contributed by atoms with van der Waals surface area (Å²) in [6.45, 7) is 3.03. The Morgan fingerprint density at radius 2 is 1.95 bits per heavy atom. The highest BCUT2D eigenvalue weighted by atomic mass is 79.9. The van der Waals surface area contributed by atoms with Gasteiger partial charge in [0.2, 0.25) is 0 Å².